The van der Waals surface area contributed by atoms with E-state index in [1.807, 2.05) is 30.3 Å². The van der Waals surface area contributed by atoms with Gasteiger partial charge in [-0.05, 0) is 70.8 Å². The molecule has 0 spiro atoms. The van der Waals surface area contributed by atoms with Gasteiger partial charge in [-0.15, -0.1) is 0 Å². The van der Waals surface area contributed by atoms with E-state index >= 15 is 0 Å². The van der Waals surface area contributed by atoms with Gasteiger partial charge in [-0.1, -0.05) is 67.0 Å². The first-order valence-corrected chi connectivity index (χ1v) is 13.4. The number of hydrogen-bond donors (Lipinski definition) is 0. The Bertz CT molecular complexity index is 1320. The highest BCUT2D eigenvalue weighted by atomic mass is 79.9. The lowest BCUT2D eigenvalue weighted by Crippen LogP contribution is -2.27. The molecule has 1 saturated heterocycles. The predicted molar refractivity (Wildman–Crippen MR) is 148 cm³/mol. The summed E-state index contributed by atoms with van der Waals surface area (Å²) in [7, 11) is 0. The maximum Gasteiger partial charge on any atom is 0.293 e. The summed E-state index contributed by atoms with van der Waals surface area (Å²) >= 11 is 4.33. The molecule has 8 heteroatoms. The lowest BCUT2D eigenvalue weighted by Gasteiger charge is -2.19. The number of carbonyl (C=O) groups is 2. The minimum absolute atomic E-state index is 0.0782. The Hall–Kier alpha value is -3.10. The zero-order chi connectivity index (χ0) is 26.6. The maximum atomic E-state index is 13.2. The van der Waals surface area contributed by atoms with E-state index in [-0.39, 0.29) is 23.0 Å². The van der Waals surface area contributed by atoms with Crippen molar-refractivity contribution in [2.45, 2.75) is 32.7 Å². The van der Waals surface area contributed by atoms with Crippen LogP contribution in [0.4, 0.5) is 9.18 Å². The number of nitrogens with zero attached hydrogens (tertiary/aromatic N) is 1. The lowest BCUT2D eigenvalue weighted by atomic mass is 9.87. The van der Waals surface area contributed by atoms with E-state index in [0.29, 0.717) is 35.0 Å². The second-order valence-electron chi connectivity index (χ2n) is 9.55. The van der Waals surface area contributed by atoms with Gasteiger partial charge < -0.3 is 9.47 Å². The Labute approximate surface area is 228 Å². The minimum Gasteiger partial charge on any atom is -0.490 e. The first kappa shape index (κ1) is 26.9. The Morgan fingerprint density at radius 2 is 1.62 bits per heavy atom. The van der Waals surface area contributed by atoms with Crippen molar-refractivity contribution in [2.75, 3.05) is 13.2 Å². The van der Waals surface area contributed by atoms with Crippen LogP contribution in [0, 0.1) is 5.82 Å². The van der Waals surface area contributed by atoms with E-state index in [0.717, 1.165) is 26.9 Å². The van der Waals surface area contributed by atoms with Gasteiger partial charge in [0.25, 0.3) is 11.1 Å². The molecule has 0 N–H and O–H groups in total. The molecule has 1 aliphatic rings. The van der Waals surface area contributed by atoms with Crippen molar-refractivity contribution in [3.8, 4) is 11.5 Å². The normalized spacial score (nSPS) is 14.9. The van der Waals surface area contributed by atoms with Crippen molar-refractivity contribution in [3.63, 3.8) is 0 Å². The van der Waals surface area contributed by atoms with Crippen LogP contribution in [0.2, 0.25) is 0 Å². The van der Waals surface area contributed by atoms with Crippen molar-refractivity contribution in [3.05, 3.63) is 98.6 Å². The lowest BCUT2D eigenvalue weighted by molar-refractivity contribution is -0.123. The summed E-state index contributed by atoms with van der Waals surface area (Å²) in [5.74, 6) is 0.562. The summed E-state index contributed by atoms with van der Waals surface area (Å²) < 4.78 is 25.8. The largest absolute Gasteiger partial charge is 0.490 e. The zero-order valence-electron chi connectivity index (χ0n) is 20.8. The summed E-state index contributed by atoms with van der Waals surface area (Å²) in [5.41, 5.74) is 2.65. The smallest absolute Gasteiger partial charge is 0.293 e. The van der Waals surface area contributed by atoms with E-state index in [2.05, 4.69) is 48.8 Å². The molecule has 0 radical (unpaired) electrons. The van der Waals surface area contributed by atoms with Gasteiger partial charge in [0, 0.05) is 10.0 Å². The van der Waals surface area contributed by atoms with E-state index in [1.165, 1.54) is 17.7 Å². The molecule has 0 unspecified atom stereocenters. The number of thioether (sulfide) groups is 1. The summed E-state index contributed by atoms with van der Waals surface area (Å²) in [6.07, 6.45) is 1.66. The number of rotatable bonds is 8. The number of halogens is 2. The van der Waals surface area contributed by atoms with Gasteiger partial charge in [-0.25, -0.2) is 4.39 Å². The van der Waals surface area contributed by atoms with Gasteiger partial charge in [0.05, 0.1) is 11.4 Å². The topological polar surface area (TPSA) is 55.8 Å². The molecule has 1 heterocycles. The number of hydrogen-bond acceptors (Lipinski definition) is 5. The second kappa shape index (κ2) is 11.5. The molecule has 1 aliphatic heterocycles. The van der Waals surface area contributed by atoms with E-state index in [4.69, 9.17) is 9.47 Å². The fraction of sp³-hybridized carbons (Fsp3) is 0.241. The molecule has 0 bridgehead atoms. The van der Waals surface area contributed by atoms with Crippen LogP contribution in [0.15, 0.2) is 76.1 Å². The van der Waals surface area contributed by atoms with Gasteiger partial charge in [0.2, 0.25) is 0 Å². The first-order valence-electron chi connectivity index (χ1n) is 11.8. The van der Waals surface area contributed by atoms with Crippen molar-refractivity contribution in [1.82, 2.24) is 4.90 Å². The van der Waals surface area contributed by atoms with Crippen LogP contribution in [0.25, 0.3) is 6.08 Å². The molecule has 37 heavy (non-hydrogen) atoms. The van der Waals surface area contributed by atoms with Crippen LogP contribution in [0.5, 0.6) is 11.5 Å². The summed E-state index contributed by atoms with van der Waals surface area (Å²) in [6, 6.07) is 19.2. The van der Waals surface area contributed by atoms with Gasteiger partial charge >= 0.3 is 0 Å². The highest BCUT2D eigenvalue weighted by Crippen LogP contribution is 2.35. The molecule has 0 aromatic heterocycles. The molecule has 0 atom stereocenters. The van der Waals surface area contributed by atoms with Gasteiger partial charge in [-0.3, -0.25) is 14.5 Å². The van der Waals surface area contributed by atoms with Crippen LogP contribution in [-0.2, 0) is 16.8 Å². The standard InChI is InChI=1S/C29H27BrFNO4S/c1-29(2,3)21-7-12-24(13-8-21)35-14-15-36-25-17-22(30)9-6-20(25)16-26-27(33)32(28(34)37-26)18-19-4-10-23(31)11-5-19/h4-13,16-17H,14-15,18H2,1-3H3/b26-16-. The van der Waals surface area contributed by atoms with E-state index < -0.39 is 5.91 Å². The third-order valence-electron chi connectivity index (χ3n) is 5.72. The van der Waals surface area contributed by atoms with Gasteiger partial charge in [-0.2, -0.15) is 0 Å². The molecule has 4 rings (SSSR count). The number of amides is 2. The Morgan fingerprint density at radius 3 is 2.30 bits per heavy atom. The monoisotopic (exact) mass is 583 g/mol. The highest BCUT2D eigenvalue weighted by Gasteiger charge is 2.35. The molecule has 0 saturated carbocycles. The SMILES string of the molecule is CC(C)(C)c1ccc(OCCOc2cc(Br)ccc2/C=C2\SC(=O)N(Cc3ccc(F)cc3)C2=O)cc1. The Morgan fingerprint density at radius 1 is 0.946 bits per heavy atom. The average molecular weight is 585 g/mol. The zero-order valence-corrected chi connectivity index (χ0v) is 23.2. The van der Waals surface area contributed by atoms with Crippen LogP contribution in [0.3, 0.4) is 0 Å². The van der Waals surface area contributed by atoms with Crippen molar-refractivity contribution < 1.29 is 23.5 Å². The highest BCUT2D eigenvalue weighted by molar-refractivity contribution is 9.10. The molecule has 0 aliphatic carbocycles. The van der Waals surface area contributed by atoms with Gasteiger partial charge in [0.1, 0.15) is 30.5 Å². The quantitative estimate of drug-likeness (QED) is 0.202. The molecule has 192 valence electrons. The Balaban J connectivity index is 1.40. The molecule has 1 fully saturated rings. The van der Waals surface area contributed by atoms with Crippen molar-refractivity contribution in [2.24, 2.45) is 0 Å². The molecular formula is C29H27BrFNO4S. The number of ether oxygens (including phenoxy) is 2. The first-order chi connectivity index (χ1) is 17.6. The van der Waals surface area contributed by atoms with Crippen molar-refractivity contribution in [1.29, 1.82) is 0 Å². The summed E-state index contributed by atoms with van der Waals surface area (Å²) in [5, 5.41) is -0.369. The molecule has 3 aromatic rings. The van der Waals surface area contributed by atoms with E-state index in [9.17, 15) is 14.0 Å². The Kier molecular flexibility index (Phi) is 8.39. The molecule has 5 nitrogen and oxygen atoms in total. The second-order valence-corrected chi connectivity index (χ2v) is 11.5. The summed E-state index contributed by atoms with van der Waals surface area (Å²) in [4.78, 5) is 26.9. The van der Waals surface area contributed by atoms with Crippen LogP contribution >= 0.6 is 27.7 Å². The van der Waals surface area contributed by atoms with Crippen LogP contribution < -0.4 is 9.47 Å². The van der Waals surface area contributed by atoms with Gasteiger partial charge in [0.15, 0.2) is 0 Å². The molecule has 2 amide bonds. The third-order valence-corrected chi connectivity index (χ3v) is 7.12. The average Bonchev–Trinajstić information content (AvgIpc) is 3.11. The van der Waals surface area contributed by atoms with Crippen LogP contribution in [-0.4, -0.2) is 29.3 Å². The van der Waals surface area contributed by atoms with Crippen LogP contribution in [0.1, 0.15) is 37.5 Å². The maximum absolute atomic E-state index is 13.2. The number of imide groups is 1. The number of carbonyl (C=O) groups excluding carboxylic acids is 2. The molecule has 3 aromatic carbocycles. The predicted octanol–water partition coefficient (Wildman–Crippen LogP) is 7.58. The van der Waals surface area contributed by atoms with Crippen molar-refractivity contribution >= 4 is 44.9 Å². The number of benzene rings is 3. The fourth-order valence-electron chi connectivity index (χ4n) is 3.66. The molecular weight excluding hydrogens is 557 g/mol. The minimum atomic E-state index is -0.393. The summed E-state index contributed by atoms with van der Waals surface area (Å²) in [6.45, 7) is 7.22. The fourth-order valence-corrected chi connectivity index (χ4v) is 4.83. The third kappa shape index (κ3) is 7.02. The van der Waals surface area contributed by atoms with E-state index in [1.54, 1.807) is 18.2 Å².